The Kier molecular flexibility index (Phi) is 8.39. The number of nitrogens with zero attached hydrogens (tertiary/aromatic N) is 2. The fourth-order valence-electron chi connectivity index (χ4n) is 4.69. The van der Waals surface area contributed by atoms with Crippen LogP contribution in [0.5, 0.6) is 5.75 Å². The van der Waals surface area contributed by atoms with Crippen LogP contribution in [0, 0.1) is 0 Å². The summed E-state index contributed by atoms with van der Waals surface area (Å²) < 4.78 is 5.79. The second-order valence-electron chi connectivity index (χ2n) is 9.51. The van der Waals surface area contributed by atoms with Gasteiger partial charge in [-0.2, -0.15) is 0 Å². The summed E-state index contributed by atoms with van der Waals surface area (Å²) in [5.74, 6) is 0.816. The molecule has 6 heteroatoms. The number of carbonyl (C=O) groups is 2. The van der Waals surface area contributed by atoms with Crippen LogP contribution in [0.4, 0.5) is 0 Å². The van der Waals surface area contributed by atoms with Gasteiger partial charge in [0.15, 0.2) is 0 Å². The summed E-state index contributed by atoms with van der Waals surface area (Å²) in [7, 11) is 0. The molecule has 36 heavy (non-hydrogen) atoms. The zero-order valence-electron chi connectivity index (χ0n) is 21.3. The highest BCUT2D eigenvalue weighted by Gasteiger charge is 2.31. The van der Waals surface area contributed by atoms with Gasteiger partial charge in [-0.3, -0.25) is 14.5 Å². The smallest absolute Gasteiger partial charge is 0.234 e. The van der Waals surface area contributed by atoms with Crippen LogP contribution < -0.4 is 10.1 Å². The molecule has 4 rings (SSSR count). The number of carbonyl (C=O) groups excluding carboxylic acids is 2. The van der Waals surface area contributed by atoms with Gasteiger partial charge in [0, 0.05) is 26.6 Å². The Bertz CT molecular complexity index is 1090. The molecule has 0 spiro atoms. The number of ether oxygens (including phenoxy) is 1. The van der Waals surface area contributed by atoms with Crippen molar-refractivity contribution in [3.8, 4) is 5.75 Å². The molecule has 0 aliphatic carbocycles. The minimum Gasteiger partial charge on any atom is -0.491 e. The molecule has 1 saturated heterocycles. The third kappa shape index (κ3) is 6.52. The van der Waals surface area contributed by atoms with Crippen molar-refractivity contribution in [2.45, 2.75) is 39.0 Å². The molecule has 188 valence electrons. The van der Waals surface area contributed by atoms with Gasteiger partial charge in [0.1, 0.15) is 5.75 Å². The van der Waals surface area contributed by atoms with Gasteiger partial charge in [0.25, 0.3) is 0 Å². The summed E-state index contributed by atoms with van der Waals surface area (Å²) in [4.78, 5) is 29.6. The molecule has 1 fully saturated rings. The van der Waals surface area contributed by atoms with Crippen LogP contribution in [0.15, 0.2) is 84.9 Å². The monoisotopic (exact) mass is 485 g/mol. The lowest BCUT2D eigenvalue weighted by Gasteiger charge is -2.41. The van der Waals surface area contributed by atoms with E-state index in [0.717, 1.165) is 22.4 Å². The van der Waals surface area contributed by atoms with Crippen LogP contribution >= 0.6 is 0 Å². The van der Waals surface area contributed by atoms with Gasteiger partial charge in [-0.15, -0.1) is 0 Å². The molecule has 0 saturated carbocycles. The Morgan fingerprint density at radius 3 is 2.00 bits per heavy atom. The number of hydrogen-bond acceptors (Lipinski definition) is 4. The number of rotatable bonds is 8. The lowest BCUT2D eigenvalue weighted by atomic mass is 9.98. The Labute approximate surface area is 213 Å². The van der Waals surface area contributed by atoms with E-state index in [0.29, 0.717) is 19.6 Å². The van der Waals surface area contributed by atoms with Crippen LogP contribution in [0.2, 0.25) is 0 Å². The van der Waals surface area contributed by atoms with Gasteiger partial charge in [-0.1, -0.05) is 72.8 Å². The molecule has 1 aliphatic rings. The number of amides is 2. The summed E-state index contributed by atoms with van der Waals surface area (Å²) in [5, 5.41) is 3.25. The first kappa shape index (κ1) is 25.5. The fourth-order valence-corrected chi connectivity index (χ4v) is 4.69. The van der Waals surface area contributed by atoms with Crippen molar-refractivity contribution >= 4 is 11.8 Å². The third-order valence-electron chi connectivity index (χ3n) is 6.49. The van der Waals surface area contributed by atoms with Crippen molar-refractivity contribution in [1.82, 2.24) is 15.1 Å². The summed E-state index contributed by atoms with van der Waals surface area (Å²) in [6.45, 7) is 7.63. The van der Waals surface area contributed by atoms with Crippen molar-refractivity contribution in [2.24, 2.45) is 0 Å². The largest absolute Gasteiger partial charge is 0.491 e. The molecular formula is C30H35N3O3. The molecule has 0 aromatic heterocycles. The highest BCUT2D eigenvalue weighted by atomic mass is 16.5. The zero-order valence-corrected chi connectivity index (χ0v) is 21.3. The Morgan fingerprint density at radius 2 is 1.47 bits per heavy atom. The minimum atomic E-state index is -0.232. The second kappa shape index (κ2) is 11.9. The molecule has 0 bridgehead atoms. The second-order valence-corrected chi connectivity index (χ2v) is 9.51. The first-order valence-corrected chi connectivity index (χ1v) is 12.6. The lowest BCUT2D eigenvalue weighted by molar-refractivity contribution is -0.132. The summed E-state index contributed by atoms with van der Waals surface area (Å²) >= 11 is 0. The summed E-state index contributed by atoms with van der Waals surface area (Å²) in [6, 6.07) is 27.7. The van der Waals surface area contributed by atoms with Gasteiger partial charge < -0.3 is 15.0 Å². The van der Waals surface area contributed by atoms with E-state index in [1.165, 1.54) is 0 Å². The number of benzene rings is 3. The van der Waals surface area contributed by atoms with E-state index in [2.05, 4.69) is 10.2 Å². The van der Waals surface area contributed by atoms with Crippen molar-refractivity contribution in [3.63, 3.8) is 0 Å². The highest BCUT2D eigenvalue weighted by Crippen LogP contribution is 2.28. The van der Waals surface area contributed by atoms with Gasteiger partial charge in [-0.05, 0) is 42.7 Å². The van der Waals surface area contributed by atoms with Crippen LogP contribution in [-0.2, 0) is 9.59 Å². The summed E-state index contributed by atoms with van der Waals surface area (Å²) in [5.41, 5.74) is 3.14. The average molecular weight is 486 g/mol. The van der Waals surface area contributed by atoms with Crippen molar-refractivity contribution in [3.05, 3.63) is 102 Å². The first-order chi connectivity index (χ1) is 17.4. The average Bonchev–Trinajstić information content (AvgIpc) is 2.88. The molecule has 1 aliphatic heterocycles. The van der Waals surface area contributed by atoms with E-state index in [1.807, 2.05) is 104 Å². The molecule has 0 unspecified atom stereocenters. The molecule has 1 heterocycles. The van der Waals surface area contributed by atoms with E-state index in [-0.39, 0.29) is 36.5 Å². The molecule has 1 atom stereocenters. The van der Waals surface area contributed by atoms with Gasteiger partial charge in [0.2, 0.25) is 11.8 Å². The molecule has 6 nitrogen and oxygen atoms in total. The fraction of sp³-hybridized carbons (Fsp3) is 0.333. The number of hydrogen-bond donors (Lipinski definition) is 1. The quantitative estimate of drug-likeness (QED) is 0.507. The lowest BCUT2D eigenvalue weighted by Crippen LogP contribution is -2.52. The topological polar surface area (TPSA) is 61.9 Å². The van der Waals surface area contributed by atoms with Crippen molar-refractivity contribution < 1.29 is 14.3 Å². The van der Waals surface area contributed by atoms with Gasteiger partial charge in [-0.25, -0.2) is 0 Å². The van der Waals surface area contributed by atoms with Crippen LogP contribution in [-0.4, -0.2) is 53.9 Å². The molecule has 0 radical (unpaired) electrons. The highest BCUT2D eigenvalue weighted by molar-refractivity contribution is 5.79. The molecule has 2 amide bonds. The first-order valence-electron chi connectivity index (χ1n) is 12.6. The number of nitrogens with one attached hydrogen (secondary N) is 1. The Morgan fingerprint density at radius 1 is 0.889 bits per heavy atom. The van der Waals surface area contributed by atoms with E-state index in [4.69, 9.17) is 4.74 Å². The molecular weight excluding hydrogens is 450 g/mol. The van der Waals surface area contributed by atoms with Crippen molar-refractivity contribution in [1.29, 1.82) is 0 Å². The maximum absolute atomic E-state index is 13.4. The normalized spacial score (nSPS) is 16.2. The van der Waals surface area contributed by atoms with E-state index in [9.17, 15) is 9.59 Å². The molecule has 3 aromatic carbocycles. The van der Waals surface area contributed by atoms with E-state index in [1.54, 1.807) is 6.92 Å². The van der Waals surface area contributed by atoms with Gasteiger partial charge in [0.05, 0.1) is 24.7 Å². The maximum Gasteiger partial charge on any atom is 0.234 e. The number of piperazine rings is 1. The zero-order chi connectivity index (χ0) is 25.5. The summed E-state index contributed by atoms with van der Waals surface area (Å²) in [6.07, 6.45) is 0.0982. The molecule has 1 N–H and O–H groups in total. The van der Waals surface area contributed by atoms with E-state index < -0.39 is 0 Å². The minimum absolute atomic E-state index is 0.0475. The van der Waals surface area contributed by atoms with Gasteiger partial charge >= 0.3 is 0 Å². The predicted molar refractivity (Wildman–Crippen MR) is 142 cm³/mol. The van der Waals surface area contributed by atoms with Crippen molar-refractivity contribution in [2.75, 3.05) is 26.2 Å². The SMILES string of the molecule is CC(=O)N1CCN(CC(=O)NC(c2ccccc2)c2ccccc2)[C@@H](c2ccc(OC(C)C)cc2)C1. The van der Waals surface area contributed by atoms with E-state index >= 15 is 0 Å². The third-order valence-corrected chi connectivity index (χ3v) is 6.49. The van der Waals surface area contributed by atoms with Crippen LogP contribution in [0.25, 0.3) is 0 Å². The maximum atomic E-state index is 13.4. The van der Waals surface area contributed by atoms with Crippen LogP contribution in [0.1, 0.15) is 49.5 Å². The predicted octanol–water partition coefficient (Wildman–Crippen LogP) is 4.58. The Balaban J connectivity index is 1.52. The standard InChI is InChI=1S/C30H35N3O3/c1-22(2)36-27-16-14-24(15-17-27)28-20-32(23(3)34)18-19-33(28)21-29(35)31-30(25-10-6-4-7-11-25)26-12-8-5-9-13-26/h4-17,22,28,30H,18-21H2,1-3H3,(H,31,35)/t28-/m1/s1. The van der Waals surface area contributed by atoms with Crippen LogP contribution in [0.3, 0.4) is 0 Å². The molecule has 3 aromatic rings. The Hall–Kier alpha value is -3.64.